The van der Waals surface area contributed by atoms with Crippen molar-refractivity contribution in [1.29, 1.82) is 0 Å². The van der Waals surface area contributed by atoms with Crippen LogP contribution in [0.5, 0.6) is 11.6 Å². The smallest absolute Gasteiger partial charge is 0.267 e. The maximum Gasteiger partial charge on any atom is 0.267 e. The first-order valence-electron chi connectivity index (χ1n) is 6.47. The van der Waals surface area contributed by atoms with Crippen molar-refractivity contribution in [2.75, 3.05) is 0 Å². The Morgan fingerprint density at radius 1 is 1.09 bits per heavy atom. The molecule has 0 spiro atoms. The van der Waals surface area contributed by atoms with Crippen molar-refractivity contribution in [2.45, 2.75) is 0 Å². The van der Waals surface area contributed by atoms with Gasteiger partial charge in [-0.15, -0.1) is 0 Å². The van der Waals surface area contributed by atoms with Crippen LogP contribution in [0.25, 0.3) is 22.1 Å². The summed E-state index contributed by atoms with van der Waals surface area (Å²) in [5.41, 5.74) is 1.76. The third kappa shape index (κ3) is 2.07. The minimum Gasteiger partial charge on any atom is -0.449 e. The molecule has 0 aliphatic heterocycles. The van der Waals surface area contributed by atoms with E-state index in [0.717, 1.165) is 5.39 Å². The molecule has 0 aliphatic rings. The Kier molecular flexibility index (Phi) is 2.94. The summed E-state index contributed by atoms with van der Waals surface area (Å²) < 4.78 is 24.5. The van der Waals surface area contributed by atoms with Gasteiger partial charge in [0.15, 0.2) is 0 Å². The van der Waals surface area contributed by atoms with Gasteiger partial charge in [-0.1, -0.05) is 23.7 Å². The van der Waals surface area contributed by atoms with E-state index in [1.807, 2.05) is 24.3 Å². The van der Waals surface area contributed by atoms with E-state index in [0.29, 0.717) is 22.4 Å². The number of rotatable bonds is 2. The van der Waals surface area contributed by atoms with Gasteiger partial charge in [0.2, 0.25) is 5.58 Å². The molecule has 2 aromatic carbocycles. The Labute approximate surface area is 129 Å². The molecule has 0 bridgehead atoms. The zero-order valence-electron chi connectivity index (χ0n) is 11.1. The standard InChI is InChI=1S/C16H8ClFN2O2/c17-11-7-9(18)5-6-13(11)22-16-15-14(19-8-20-16)10-3-1-2-4-12(10)21-15/h1-8H. The quantitative estimate of drug-likeness (QED) is 0.524. The van der Waals surface area contributed by atoms with Gasteiger partial charge in [0, 0.05) is 5.39 Å². The summed E-state index contributed by atoms with van der Waals surface area (Å²) in [5.74, 6) is 0.0900. The van der Waals surface area contributed by atoms with E-state index in [2.05, 4.69) is 9.97 Å². The van der Waals surface area contributed by atoms with Crippen LogP contribution >= 0.6 is 11.6 Å². The zero-order chi connectivity index (χ0) is 15.1. The zero-order valence-corrected chi connectivity index (χ0v) is 11.8. The Bertz CT molecular complexity index is 1000. The van der Waals surface area contributed by atoms with E-state index in [4.69, 9.17) is 20.8 Å². The summed E-state index contributed by atoms with van der Waals surface area (Å²) in [5, 5.41) is 1.03. The fourth-order valence-electron chi connectivity index (χ4n) is 2.24. The van der Waals surface area contributed by atoms with E-state index in [1.54, 1.807) is 0 Å². The molecule has 4 rings (SSSR count). The van der Waals surface area contributed by atoms with E-state index in [9.17, 15) is 4.39 Å². The van der Waals surface area contributed by atoms with E-state index in [1.165, 1.54) is 24.5 Å². The molecule has 0 fully saturated rings. The van der Waals surface area contributed by atoms with Crippen LogP contribution in [0.1, 0.15) is 0 Å². The molecule has 6 heteroatoms. The number of fused-ring (bicyclic) bond motifs is 3. The van der Waals surface area contributed by atoms with E-state index >= 15 is 0 Å². The molecule has 22 heavy (non-hydrogen) atoms. The number of nitrogens with zero attached hydrogens (tertiary/aromatic N) is 2. The predicted molar refractivity (Wildman–Crippen MR) is 80.8 cm³/mol. The first kappa shape index (κ1) is 13.0. The van der Waals surface area contributed by atoms with Crippen molar-refractivity contribution in [3.05, 3.63) is 59.6 Å². The van der Waals surface area contributed by atoms with Gasteiger partial charge in [0.25, 0.3) is 5.88 Å². The average Bonchev–Trinajstić information content (AvgIpc) is 2.90. The molecule has 4 nitrogen and oxygen atoms in total. The topological polar surface area (TPSA) is 48.2 Å². The number of halogens is 2. The summed E-state index contributed by atoms with van der Waals surface area (Å²) in [6.07, 6.45) is 1.39. The number of aromatic nitrogens is 2. The summed E-state index contributed by atoms with van der Waals surface area (Å²) in [4.78, 5) is 8.31. The van der Waals surface area contributed by atoms with Gasteiger partial charge in [-0.25, -0.2) is 9.37 Å². The van der Waals surface area contributed by atoms with Gasteiger partial charge in [0.05, 0.1) is 5.02 Å². The second-order valence-corrected chi connectivity index (χ2v) is 5.04. The van der Waals surface area contributed by atoms with Crippen molar-refractivity contribution < 1.29 is 13.5 Å². The van der Waals surface area contributed by atoms with Crippen LogP contribution in [0.4, 0.5) is 4.39 Å². The van der Waals surface area contributed by atoms with Crippen molar-refractivity contribution in [1.82, 2.24) is 9.97 Å². The second kappa shape index (κ2) is 4.96. The van der Waals surface area contributed by atoms with Crippen LogP contribution in [0.3, 0.4) is 0 Å². The highest BCUT2D eigenvalue weighted by Crippen LogP contribution is 2.35. The van der Waals surface area contributed by atoms with Gasteiger partial charge in [-0.3, -0.25) is 0 Å². The highest BCUT2D eigenvalue weighted by molar-refractivity contribution is 6.32. The third-order valence-corrected chi connectivity index (χ3v) is 3.52. The maximum atomic E-state index is 13.1. The molecule has 0 saturated heterocycles. The van der Waals surface area contributed by atoms with Crippen LogP contribution < -0.4 is 4.74 Å². The summed E-state index contributed by atoms with van der Waals surface area (Å²) in [7, 11) is 0. The second-order valence-electron chi connectivity index (χ2n) is 4.63. The molecule has 2 heterocycles. The summed E-state index contributed by atoms with van der Waals surface area (Å²) in [6.45, 7) is 0. The average molecular weight is 315 g/mol. The lowest BCUT2D eigenvalue weighted by Crippen LogP contribution is -1.91. The van der Waals surface area contributed by atoms with Crippen molar-refractivity contribution in [3.8, 4) is 11.6 Å². The monoisotopic (exact) mass is 314 g/mol. The molecule has 0 atom stereocenters. The molecule has 0 saturated carbocycles. The lowest BCUT2D eigenvalue weighted by molar-refractivity contribution is 0.455. The summed E-state index contributed by atoms with van der Waals surface area (Å²) in [6, 6.07) is 11.4. The number of furan rings is 1. The van der Waals surface area contributed by atoms with Gasteiger partial charge < -0.3 is 9.15 Å². The van der Waals surface area contributed by atoms with Crippen molar-refractivity contribution in [2.24, 2.45) is 0 Å². The SMILES string of the molecule is Fc1ccc(Oc2ncnc3c2oc2ccccc23)c(Cl)c1. The molecular formula is C16H8ClFN2O2. The molecular weight excluding hydrogens is 307 g/mol. The maximum absolute atomic E-state index is 13.1. The molecule has 0 radical (unpaired) electrons. The highest BCUT2D eigenvalue weighted by Gasteiger charge is 2.15. The van der Waals surface area contributed by atoms with Crippen LogP contribution in [-0.2, 0) is 0 Å². The fraction of sp³-hybridized carbons (Fsp3) is 0. The van der Waals surface area contributed by atoms with Crippen LogP contribution in [0, 0.1) is 5.82 Å². The Morgan fingerprint density at radius 3 is 2.82 bits per heavy atom. The number of ether oxygens (including phenoxy) is 1. The molecule has 0 amide bonds. The van der Waals surface area contributed by atoms with Crippen LogP contribution in [-0.4, -0.2) is 9.97 Å². The van der Waals surface area contributed by atoms with Crippen molar-refractivity contribution in [3.63, 3.8) is 0 Å². The minimum atomic E-state index is -0.436. The lowest BCUT2D eigenvalue weighted by atomic mass is 10.2. The van der Waals surface area contributed by atoms with Crippen molar-refractivity contribution >= 4 is 33.7 Å². The van der Waals surface area contributed by atoms with Crippen LogP contribution in [0.2, 0.25) is 5.02 Å². The predicted octanol–water partition coefficient (Wildman–Crippen LogP) is 4.96. The molecule has 0 unspecified atom stereocenters. The Balaban J connectivity index is 1.88. The number of benzene rings is 2. The molecule has 0 aliphatic carbocycles. The minimum absolute atomic E-state index is 0.155. The number of hydrogen-bond donors (Lipinski definition) is 0. The van der Waals surface area contributed by atoms with Crippen LogP contribution in [0.15, 0.2) is 53.2 Å². The Morgan fingerprint density at radius 2 is 1.95 bits per heavy atom. The molecule has 4 aromatic rings. The largest absolute Gasteiger partial charge is 0.449 e. The van der Waals surface area contributed by atoms with Gasteiger partial charge in [-0.05, 0) is 30.3 Å². The molecule has 2 aromatic heterocycles. The van der Waals surface area contributed by atoms with E-state index in [-0.39, 0.29) is 10.9 Å². The summed E-state index contributed by atoms with van der Waals surface area (Å²) >= 11 is 5.97. The Hall–Kier alpha value is -2.66. The highest BCUT2D eigenvalue weighted by atomic mass is 35.5. The normalized spacial score (nSPS) is 11.2. The van der Waals surface area contributed by atoms with Gasteiger partial charge in [-0.2, -0.15) is 4.98 Å². The third-order valence-electron chi connectivity index (χ3n) is 3.23. The van der Waals surface area contributed by atoms with E-state index < -0.39 is 5.82 Å². The molecule has 108 valence electrons. The first-order chi connectivity index (χ1) is 10.7. The fourth-order valence-corrected chi connectivity index (χ4v) is 2.44. The number of hydrogen-bond acceptors (Lipinski definition) is 4. The first-order valence-corrected chi connectivity index (χ1v) is 6.85. The number of para-hydroxylation sites is 1. The molecule has 0 N–H and O–H groups in total. The van der Waals surface area contributed by atoms with Gasteiger partial charge >= 0.3 is 0 Å². The lowest BCUT2D eigenvalue weighted by Gasteiger charge is -2.06. The van der Waals surface area contributed by atoms with Gasteiger partial charge in [0.1, 0.15) is 29.0 Å².